The normalized spacial score (nSPS) is 13.4. The fourth-order valence-electron chi connectivity index (χ4n) is 4.67. The van der Waals surface area contributed by atoms with Gasteiger partial charge in [0.2, 0.25) is 0 Å². The van der Waals surface area contributed by atoms with Gasteiger partial charge in [0.05, 0.1) is 11.3 Å². The molecular weight excluding hydrogens is 502 g/mol. The molecule has 0 saturated carbocycles. The molecule has 5 rings (SSSR count). The maximum Gasteiger partial charge on any atom is 0.343 e. The van der Waals surface area contributed by atoms with E-state index in [1.165, 1.54) is 0 Å². The zero-order valence-electron chi connectivity index (χ0n) is 22.4. The lowest BCUT2D eigenvalue weighted by atomic mass is 10.2. The van der Waals surface area contributed by atoms with Gasteiger partial charge in [0.1, 0.15) is 18.1 Å². The Bertz CT molecular complexity index is 1400. The maximum atomic E-state index is 12.4. The highest BCUT2D eigenvalue weighted by Gasteiger charge is 2.20. The Hall–Kier alpha value is -4.62. The lowest BCUT2D eigenvalue weighted by molar-refractivity contribution is 0.0734. The van der Waals surface area contributed by atoms with Crippen LogP contribution in [0, 0.1) is 0 Å². The standard InChI is InChI=1S/C33H33N3O4/c37-32(27-11-3-1-4-12-27)34-18-19-35-20-22-36(23-21-35)30-16-7-8-17-31(30)39-25-26-10-9-15-29(24-26)40-33(38)28-13-5-2-6-14-28/h1-17,24H,18-23,25H2,(H,34,37). The molecule has 1 N–H and O–H groups in total. The van der Waals surface area contributed by atoms with E-state index in [0.29, 0.717) is 30.0 Å². The molecule has 0 aromatic heterocycles. The van der Waals surface area contributed by atoms with Gasteiger partial charge in [-0.25, -0.2) is 4.79 Å². The molecule has 1 amide bonds. The van der Waals surface area contributed by atoms with E-state index < -0.39 is 0 Å². The third-order valence-electron chi connectivity index (χ3n) is 6.84. The van der Waals surface area contributed by atoms with Crippen molar-refractivity contribution in [3.8, 4) is 11.5 Å². The number of para-hydroxylation sites is 2. The van der Waals surface area contributed by atoms with Crippen molar-refractivity contribution in [2.45, 2.75) is 6.61 Å². The number of rotatable bonds is 10. The smallest absolute Gasteiger partial charge is 0.343 e. The lowest BCUT2D eigenvalue weighted by Crippen LogP contribution is -2.48. The van der Waals surface area contributed by atoms with Crippen molar-refractivity contribution in [1.82, 2.24) is 10.2 Å². The van der Waals surface area contributed by atoms with Crippen LogP contribution in [0.5, 0.6) is 11.5 Å². The van der Waals surface area contributed by atoms with Gasteiger partial charge in [0, 0.05) is 44.8 Å². The van der Waals surface area contributed by atoms with Crippen LogP contribution in [0.25, 0.3) is 0 Å². The fourth-order valence-corrected chi connectivity index (χ4v) is 4.67. The molecule has 1 fully saturated rings. The Balaban J connectivity index is 1.11. The fraction of sp³-hybridized carbons (Fsp3) is 0.212. The van der Waals surface area contributed by atoms with Crippen molar-refractivity contribution in [2.24, 2.45) is 0 Å². The van der Waals surface area contributed by atoms with Crippen LogP contribution < -0.4 is 19.7 Å². The minimum atomic E-state index is -0.387. The number of piperazine rings is 1. The molecule has 7 heteroatoms. The summed E-state index contributed by atoms with van der Waals surface area (Å²) in [5, 5.41) is 3.01. The molecule has 1 aliphatic rings. The van der Waals surface area contributed by atoms with Gasteiger partial charge in [-0.05, 0) is 54.1 Å². The van der Waals surface area contributed by atoms with Crippen molar-refractivity contribution in [3.05, 3.63) is 126 Å². The van der Waals surface area contributed by atoms with E-state index in [2.05, 4.69) is 21.2 Å². The molecule has 0 radical (unpaired) electrons. The summed E-state index contributed by atoms with van der Waals surface area (Å²) in [6.45, 7) is 5.35. The second-order valence-electron chi connectivity index (χ2n) is 9.61. The van der Waals surface area contributed by atoms with Gasteiger partial charge in [0.15, 0.2) is 0 Å². The average molecular weight is 536 g/mol. The molecule has 0 spiro atoms. The highest BCUT2D eigenvalue weighted by molar-refractivity contribution is 5.94. The number of nitrogens with zero attached hydrogens (tertiary/aromatic N) is 2. The summed E-state index contributed by atoms with van der Waals surface area (Å²) in [5.74, 6) is 0.879. The number of anilines is 1. The summed E-state index contributed by atoms with van der Waals surface area (Å²) in [6.07, 6.45) is 0. The summed E-state index contributed by atoms with van der Waals surface area (Å²) in [7, 11) is 0. The molecule has 40 heavy (non-hydrogen) atoms. The van der Waals surface area contributed by atoms with Crippen LogP contribution in [0.15, 0.2) is 109 Å². The third kappa shape index (κ3) is 7.27. The summed E-state index contributed by atoms with van der Waals surface area (Å²) in [5.41, 5.74) is 3.17. The van der Waals surface area contributed by atoms with E-state index in [-0.39, 0.29) is 11.9 Å². The number of carbonyl (C=O) groups is 2. The average Bonchev–Trinajstić information content (AvgIpc) is 3.01. The third-order valence-corrected chi connectivity index (χ3v) is 6.84. The van der Waals surface area contributed by atoms with Gasteiger partial charge in [-0.3, -0.25) is 9.69 Å². The Labute approximate surface area is 235 Å². The predicted molar refractivity (Wildman–Crippen MR) is 156 cm³/mol. The van der Waals surface area contributed by atoms with E-state index in [1.807, 2.05) is 84.9 Å². The van der Waals surface area contributed by atoms with Crippen LogP contribution in [-0.2, 0) is 6.61 Å². The van der Waals surface area contributed by atoms with E-state index in [1.54, 1.807) is 18.2 Å². The summed E-state index contributed by atoms with van der Waals surface area (Å²) >= 11 is 0. The first-order valence-electron chi connectivity index (χ1n) is 13.5. The van der Waals surface area contributed by atoms with Crippen molar-refractivity contribution in [1.29, 1.82) is 0 Å². The van der Waals surface area contributed by atoms with Crippen molar-refractivity contribution < 1.29 is 19.1 Å². The predicted octanol–water partition coefficient (Wildman–Crippen LogP) is 5.04. The number of hydrogen-bond donors (Lipinski definition) is 1. The van der Waals surface area contributed by atoms with Crippen LogP contribution in [0.2, 0.25) is 0 Å². The quantitative estimate of drug-likeness (QED) is 0.227. The molecule has 0 bridgehead atoms. The Kier molecular flexibility index (Phi) is 9.06. The van der Waals surface area contributed by atoms with E-state index in [4.69, 9.17) is 9.47 Å². The number of carbonyl (C=O) groups excluding carboxylic acids is 2. The zero-order chi connectivity index (χ0) is 27.6. The largest absolute Gasteiger partial charge is 0.487 e. The number of benzene rings is 4. The second kappa shape index (κ2) is 13.4. The molecule has 204 valence electrons. The Morgan fingerprint density at radius 2 is 1.40 bits per heavy atom. The molecule has 0 aliphatic carbocycles. The van der Waals surface area contributed by atoms with Crippen LogP contribution in [0.4, 0.5) is 5.69 Å². The minimum Gasteiger partial charge on any atom is -0.487 e. The van der Waals surface area contributed by atoms with E-state index >= 15 is 0 Å². The molecule has 0 unspecified atom stereocenters. The van der Waals surface area contributed by atoms with Crippen molar-refractivity contribution >= 4 is 17.6 Å². The number of hydrogen-bond acceptors (Lipinski definition) is 6. The molecule has 4 aromatic rings. The zero-order valence-corrected chi connectivity index (χ0v) is 22.4. The molecule has 1 saturated heterocycles. The molecule has 7 nitrogen and oxygen atoms in total. The van der Waals surface area contributed by atoms with Gasteiger partial charge in [-0.2, -0.15) is 0 Å². The SMILES string of the molecule is O=C(NCCN1CCN(c2ccccc2OCc2cccc(OC(=O)c3ccccc3)c2)CC1)c1ccccc1. The lowest BCUT2D eigenvalue weighted by Gasteiger charge is -2.36. The van der Waals surface area contributed by atoms with Gasteiger partial charge < -0.3 is 19.7 Å². The molecule has 0 atom stereocenters. The van der Waals surface area contributed by atoms with Crippen LogP contribution in [-0.4, -0.2) is 56.0 Å². The van der Waals surface area contributed by atoms with Gasteiger partial charge >= 0.3 is 5.97 Å². The maximum absolute atomic E-state index is 12.4. The number of amides is 1. The second-order valence-corrected chi connectivity index (χ2v) is 9.61. The first kappa shape index (κ1) is 27.0. The molecule has 1 heterocycles. The monoisotopic (exact) mass is 535 g/mol. The number of esters is 1. The van der Waals surface area contributed by atoms with Crippen LogP contribution in [0.3, 0.4) is 0 Å². The van der Waals surface area contributed by atoms with Crippen LogP contribution in [0.1, 0.15) is 26.3 Å². The highest BCUT2D eigenvalue weighted by Crippen LogP contribution is 2.30. The van der Waals surface area contributed by atoms with E-state index in [9.17, 15) is 9.59 Å². The minimum absolute atomic E-state index is 0.0368. The first-order chi connectivity index (χ1) is 19.7. The summed E-state index contributed by atoms with van der Waals surface area (Å²) in [6, 6.07) is 33.7. The summed E-state index contributed by atoms with van der Waals surface area (Å²) < 4.78 is 11.8. The van der Waals surface area contributed by atoms with Crippen LogP contribution >= 0.6 is 0 Å². The molecule has 4 aromatic carbocycles. The van der Waals surface area contributed by atoms with Crippen molar-refractivity contribution in [2.75, 3.05) is 44.2 Å². The number of ether oxygens (including phenoxy) is 2. The molecule has 1 aliphatic heterocycles. The Morgan fingerprint density at radius 1 is 0.725 bits per heavy atom. The molecular formula is C33H33N3O4. The topological polar surface area (TPSA) is 71.1 Å². The van der Waals surface area contributed by atoms with E-state index in [0.717, 1.165) is 49.7 Å². The van der Waals surface area contributed by atoms with Gasteiger partial charge in [-0.1, -0.05) is 60.7 Å². The van der Waals surface area contributed by atoms with Gasteiger partial charge in [0.25, 0.3) is 5.91 Å². The first-order valence-corrected chi connectivity index (χ1v) is 13.5. The van der Waals surface area contributed by atoms with Crippen molar-refractivity contribution in [3.63, 3.8) is 0 Å². The summed E-state index contributed by atoms with van der Waals surface area (Å²) in [4.78, 5) is 29.4. The highest BCUT2D eigenvalue weighted by atomic mass is 16.5. The Morgan fingerprint density at radius 3 is 2.15 bits per heavy atom. The number of nitrogens with one attached hydrogen (secondary N) is 1. The van der Waals surface area contributed by atoms with Gasteiger partial charge in [-0.15, -0.1) is 0 Å².